The summed E-state index contributed by atoms with van der Waals surface area (Å²) < 4.78 is 5.74. The first kappa shape index (κ1) is 14.8. The Balaban J connectivity index is 1.79. The average molecular weight is 272 g/mol. The minimum absolute atomic E-state index is 0.644. The highest BCUT2D eigenvalue weighted by molar-refractivity contribution is 5.21. The molecule has 0 aliphatic rings. The van der Waals surface area contributed by atoms with Crippen molar-refractivity contribution in [3.8, 4) is 0 Å². The predicted molar refractivity (Wildman–Crippen MR) is 81.6 cm³/mol. The molecule has 0 spiro atoms. The van der Waals surface area contributed by atoms with Crippen LogP contribution < -0.4 is 5.32 Å². The lowest BCUT2D eigenvalue weighted by atomic mass is 10.1. The number of aryl methyl sites for hydroxylation is 3. The van der Waals surface area contributed by atoms with Crippen molar-refractivity contribution in [1.29, 1.82) is 0 Å². The molecule has 0 bridgehead atoms. The molecule has 1 aromatic heterocycles. The van der Waals surface area contributed by atoms with Crippen molar-refractivity contribution >= 4 is 0 Å². The number of hydrogen-bond acceptors (Lipinski definition) is 3. The van der Waals surface area contributed by atoms with Crippen LogP contribution in [-0.2, 0) is 19.4 Å². The molecule has 3 heteroatoms. The normalized spacial score (nSPS) is 11.2. The molecule has 0 saturated heterocycles. The van der Waals surface area contributed by atoms with Gasteiger partial charge in [0.2, 0.25) is 5.89 Å². The van der Waals surface area contributed by atoms with Gasteiger partial charge < -0.3 is 9.73 Å². The molecule has 0 unspecified atom stereocenters. The molecule has 20 heavy (non-hydrogen) atoms. The quantitative estimate of drug-likeness (QED) is 0.838. The van der Waals surface area contributed by atoms with E-state index in [-0.39, 0.29) is 0 Å². The summed E-state index contributed by atoms with van der Waals surface area (Å²) in [5.41, 5.74) is 2.64. The van der Waals surface area contributed by atoms with Crippen LogP contribution in [0.15, 0.2) is 34.9 Å². The van der Waals surface area contributed by atoms with E-state index in [1.54, 1.807) is 0 Å². The van der Waals surface area contributed by atoms with Gasteiger partial charge in [-0.1, -0.05) is 43.7 Å². The van der Waals surface area contributed by atoms with Gasteiger partial charge in [0.05, 0.1) is 12.7 Å². The summed E-state index contributed by atoms with van der Waals surface area (Å²) in [6.07, 6.45) is 3.75. The molecule has 0 aliphatic heterocycles. The van der Waals surface area contributed by atoms with Crippen molar-refractivity contribution in [3.63, 3.8) is 0 Å². The van der Waals surface area contributed by atoms with Crippen LogP contribution in [0.1, 0.15) is 36.6 Å². The first-order valence-corrected chi connectivity index (χ1v) is 7.33. The molecular weight excluding hydrogens is 248 g/mol. The Bertz CT molecular complexity index is 514. The minimum atomic E-state index is 0.644. The standard InChI is InChI=1S/C17H24N2O/c1-13(2)10-18-12-17-19-11-16(20-17)9-8-15-6-4-14(3)5-7-15/h4-7,11,13,18H,8-10,12H2,1-3H3. The maximum Gasteiger partial charge on any atom is 0.208 e. The van der Waals surface area contributed by atoms with Crippen molar-refractivity contribution in [2.75, 3.05) is 6.54 Å². The maximum atomic E-state index is 5.74. The van der Waals surface area contributed by atoms with Crippen molar-refractivity contribution in [2.45, 2.75) is 40.2 Å². The summed E-state index contributed by atoms with van der Waals surface area (Å²) >= 11 is 0. The number of hydrogen-bond donors (Lipinski definition) is 1. The highest BCUT2D eigenvalue weighted by Gasteiger charge is 2.04. The van der Waals surface area contributed by atoms with E-state index in [4.69, 9.17) is 4.42 Å². The van der Waals surface area contributed by atoms with E-state index in [1.165, 1.54) is 11.1 Å². The zero-order chi connectivity index (χ0) is 14.4. The van der Waals surface area contributed by atoms with Gasteiger partial charge in [0.25, 0.3) is 0 Å². The molecule has 108 valence electrons. The predicted octanol–water partition coefficient (Wildman–Crippen LogP) is 3.51. The average Bonchev–Trinajstić information content (AvgIpc) is 2.86. The van der Waals surface area contributed by atoms with Crippen LogP contribution in [0.5, 0.6) is 0 Å². The molecule has 1 aromatic carbocycles. The van der Waals surface area contributed by atoms with Gasteiger partial charge in [-0.3, -0.25) is 0 Å². The molecule has 2 rings (SSSR count). The molecule has 1 heterocycles. The molecule has 0 radical (unpaired) electrons. The van der Waals surface area contributed by atoms with E-state index in [9.17, 15) is 0 Å². The Labute approximate surface area is 121 Å². The molecular formula is C17H24N2O. The highest BCUT2D eigenvalue weighted by Crippen LogP contribution is 2.10. The third-order valence-electron chi connectivity index (χ3n) is 3.21. The lowest BCUT2D eigenvalue weighted by molar-refractivity contribution is 0.425. The van der Waals surface area contributed by atoms with E-state index in [1.807, 2.05) is 6.20 Å². The van der Waals surface area contributed by atoms with Gasteiger partial charge in [0, 0.05) is 6.42 Å². The topological polar surface area (TPSA) is 38.1 Å². The second-order valence-electron chi connectivity index (χ2n) is 5.73. The Morgan fingerprint density at radius 1 is 1.15 bits per heavy atom. The largest absolute Gasteiger partial charge is 0.444 e. The summed E-state index contributed by atoms with van der Waals surface area (Å²) in [6, 6.07) is 8.65. The number of rotatable bonds is 7. The van der Waals surface area contributed by atoms with E-state index < -0.39 is 0 Å². The number of benzene rings is 1. The fourth-order valence-corrected chi connectivity index (χ4v) is 2.04. The van der Waals surface area contributed by atoms with Crippen molar-refractivity contribution in [2.24, 2.45) is 5.92 Å². The lowest BCUT2D eigenvalue weighted by Crippen LogP contribution is -2.19. The molecule has 0 fully saturated rings. The number of aromatic nitrogens is 1. The zero-order valence-electron chi connectivity index (χ0n) is 12.6. The Morgan fingerprint density at radius 3 is 2.60 bits per heavy atom. The van der Waals surface area contributed by atoms with Crippen LogP contribution in [0.3, 0.4) is 0 Å². The number of nitrogens with one attached hydrogen (secondary N) is 1. The van der Waals surface area contributed by atoms with Crippen molar-refractivity contribution in [1.82, 2.24) is 10.3 Å². The van der Waals surface area contributed by atoms with E-state index in [0.717, 1.165) is 31.0 Å². The van der Waals surface area contributed by atoms with Gasteiger partial charge in [-0.15, -0.1) is 0 Å². The summed E-state index contributed by atoms with van der Waals surface area (Å²) in [5, 5.41) is 3.34. The summed E-state index contributed by atoms with van der Waals surface area (Å²) in [4.78, 5) is 4.31. The Kier molecular flexibility index (Phi) is 5.36. The van der Waals surface area contributed by atoms with E-state index in [0.29, 0.717) is 12.5 Å². The van der Waals surface area contributed by atoms with Crippen molar-refractivity contribution in [3.05, 3.63) is 53.2 Å². The molecule has 0 aliphatic carbocycles. The van der Waals surface area contributed by atoms with Gasteiger partial charge in [0.1, 0.15) is 5.76 Å². The van der Waals surface area contributed by atoms with Crippen LogP contribution in [-0.4, -0.2) is 11.5 Å². The summed E-state index contributed by atoms with van der Waals surface area (Å²) in [7, 11) is 0. The Morgan fingerprint density at radius 2 is 1.90 bits per heavy atom. The molecule has 0 saturated carbocycles. The van der Waals surface area contributed by atoms with Crippen LogP contribution in [0.2, 0.25) is 0 Å². The van der Waals surface area contributed by atoms with E-state index >= 15 is 0 Å². The second-order valence-corrected chi connectivity index (χ2v) is 5.73. The lowest BCUT2D eigenvalue weighted by Gasteiger charge is -2.04. The van der Waals surface area contributed by atoms with Gasteiger partial charge in [-0.2, -0.15) is 0 Å². The summed E-state index contributed by atoms with van der Waals surface area (Å²) in [6.45, 7) is 8.19. The Hall–Kier alpha value is -1.61. The number of oxazole rings is 1. The molecule has 0 atom stereocenters. The first-order valence-electron chi connectivity index (χ1n) is 7.33. The SMILES string of the molecule is Cc1ccc(CCc2cnc(CNCC(C)C)o2)cc1. The number of nitrogens with zero attached hydrogens (tertiary/aromatic N) is 1. The molecule has 3 nitrogen and oxygen atoms in total. The second kappa shape index (κ2) is 7.25. The van der Waals surface area contributed by atoms with Crippen LogP contribution in [0.25, 0.3) is 0 Å². The fourth-order valence-electron chi connectivity index (χ4n) is 2.04. The highest BCUT2D eigenvalue weighted by atomic mass is 16.4. The monoisotopic (exact) mass is 272 g/mol. The van der Waals surface area contributed by atoms with Crippen molar-refractivity contribution < 1.29 is 4.42 Å². The maximum absolute atomic E-state index is 5.74. The fraction of sp³-hybridized carbons (Fsp3) is 0.471. The van der Waals surface area contributed by atoms with E-state index in [2.05, 4.69) is 55.3 Å². The minimum Gasteiger partial charge on any atom is -0.444 e. The molecule has 2 aromatic rings. The van der Waals surface area contributed by atoms with Gasteiger partial charge in [0.15, 0.2) is 0 Å². The van der Waals surface area contributed by atoms with Gasteiger partial charge >= 0.3 is 0 Å². The third-order valence-corrected chi connectivity index (χ3v) is 3.21. The first-order chi connectivity index (χ1) is 9.63. The van der Waals surface area contributed by atoms with Gasteiger partial charge in [-0.25, -0.2) is 4.98 Å². The van der Waals surface area contributed by atoms with Crippen LogP contribution in [0, 0.1) is 12.8 Å². The van der Waals surface area contributed by atoms with Crippen LogP contribution >= 0.6 is 0 Å². The van der Waals surface area contributed by atoms with Crippen LogP contribution in [0.4, 0.5) is 0 Å². The third kappa shape index (κ3) is 4.82. The zero-order valence-corrected chi connectivity index (χ0v) is 12.6. The molecule has 0 amide bonds. The summed E-state index contributed by atoms with van der Waals surface area (Å²) in [5.74, 6) is 2.39. The van der Waals surface area contributed by atoms with Gasteiger partial charge in [-0.05, 0) is 31.4 Å². The smallest absolute Gasteiger partial charge is 0.208 e. The molecule has 1 N–H and O–H groups in total.